The molecule has 2 heterocycles. The van der Waals surface area contributed by atoms with Crippen LogP contribution in [-0.4, -0.2) is 48.0 Å². The number of methoxy groups -OCH3 is 2. The van der Waals surface area contributed by atoms with Crippen LogP contribution in [0.3, 0.4) is 0 Å². The lowest BCUT2D eigenvalue weighted by Crippen LogP contribution is -2.53. The van der Waals surface area contributed by atoms with Crippen LogP contribution in [0.4, 0.5) is 5.69 Å². The monoisotopic (exact) mass is 661 g/mol. The molecule has 2 aliphatic carbocycles. The Morgan fingerprint density at radius 1 is 0.935 bits per heavy atom. The maximum Gasteiger partial charge on any atom is 0.260 e. The Balaban J connectivity index is 1.50. The number of aromatic hydroxyl groups is 1. The molecule has 3 fully saturated rings. The molecule has 2 aliphatic heterocycles. The van der Waals surface area contributed by atoms with Gasteiger partial charge in [0.25, 0.3) is 11.8 Å². The molecule has 3 aromatic rings. The van der Waals surface area contributed by atoms with Gasteiger partial charge in [-0.1, -0.05) is 53.1 Å². The molecule has 2 saturated heterocycles. The zero-order valence-electron chi connectivity index (χ0n) is 24.8. The van der Waals surface area contributed by atoms with E-state index in [1.54, 1.807) is 42.5 Å². The predicted molar refractivity (Wildman–Crippen MR) is 168 cm³/mol. The second kappa shape index (κ2) is 11.1. The third-order valence-corrected chi connectivity index (χ3v) is 10.5. The lowest BCUT2D eigenvalue weighted by atomic mass is 9.49. The molecule has 46 heavy (non-hydrogen) atoms. The molecule has 12 heteroatoms. The van der Waals surface area contributed by atoms with Gasteiger partial charge in [-0.25, -0.2) is 0 Å². The molecule has 6 atom stereocenters. The highest BCUT2D eigenvalue weighted by Gasteiger charge is 2.70. The van der Waals surface area contributed by atoms with E-state index in [0.717, 1.165) is 10.6 Å². The smallest absolute Gasteiger partial charge is 0.260 e. The number of imide groups is 2. The van der Waals surface area contributed by atoms with Crippen molar-refractivity contribution in [3.05, 3.63) is 93.5 Å². The maximum absolute atomic E-state index is 15.2. The molecule has 0 radical (unpaired) electrons. The molecule has 4 aliphatic rings. The number of hydrazine groups is 1. The Hall–Kier alpha value is -4.54. The topological polar surface area (TPSA) is 134 Å². The molecule has 3 aromatic carbocycles. The fourth-order valence-electron chi connectivity index (χ4n) is 8.04. The highest BCUT2D eigenvalue weighted by Crippen LogP contribution is 2.64. The molecule has 1 saturated carbocycles. The number of rotatable bonds is 6. The third kappa shape index (κ3) is 4.30. The quantitative estimate of drug-likeness (QED) is 0.249. The second-order valence-electron chi connectivity index (χ2n) is 12.0. The molecule has 10 nitrogen and oxygen atoms in total. The first-order valence-corrected chi connectivity index (χ1v) is 15.5. The summed E-state index contributed by atoms with van der Waals surface area (Å²) in [6, 6.07) is 16.3. The Morgan fingerprint density at radius 2 is 1.70 bits per heavy atom. The summed E-state index contributed by atoms with van der Waals surface area (Å²) in [5.41, 5.74) is 3.58. The molecule has 3 N–H and O–H groups in total. The van der Waals surface area contributed by atoms with Crippen molar-refractivity contribution in [3.63, 3.8) is 0 Å². The van der Waals surface area contributed by atoms with Gasteiger partial charge in [0.15, 0.2) is 0 Å². The van der Waals surface area contributed by atoms with Gasteiger partial charge in [-0.15, -0.1) is 0 Å². The van der Waals surface area contributed by atoms with Crippen LogP contribution < -0.4 is 20.2 Å². The minimum absolute atomic E-state index is 0.0454. The SMILES string of the molecule is COc1ccc([C@@]23C(=O)N(Nc4ccc(Cl)cc4Cl)C(=O)[C@@H]2C[C@@H]2C(=CC[C@@H]4C(=O)NC(=O)[C@@H]42)[C@@H]3c2ccc(O)cc2OC)cc1. The molecule has 7 rings (SSSR count). The van der Waals surface area contributed by atoms with E-state index in [1.165, 1.54) is 32.4 Å². The molecule has 0 aromatic heterocycles. The number of allylic oxidation sites excluding steroid dienone is 2. The summed E-state index contributed by atoms with van der Waals surface area (Å²) in [7, 11) is 3.00. The highest BCUT2D eigenvalue weighted by molar-refractivity contribution is 6.36. The van der Waals surface area contributed by atoms with Crippen molar-refractivity contribution in [3.8, 4) is 17.2 Å². The predicted octanol–water partition coefficient (Wildman–Crippen LogP) is 4.99. The van der Waals surface area contributed by atoms with Crippen LogP contribution in [0.5, 0.6) is 17.2 Å². The number of phenolic OH excluding ortho intramolecular Hbond substituents is 1. The summed E-state index contributed by atoms with van der Waals surface area (Å²) < 4.78 is 11.2. The Bertz CT molecular complexity index is 1840. The van der Waals surface area contributed by atoms with Crippen molar-refractivity contribution in [1.82, 2.24) is 10.3 Å². The maximum atomic E-state index is 15.2. The van der Waals surface area contributed by atoms with E-state index in [2.05, 4.69) is 10.7 Å². The number of anilines is 1. The summed E-state index contributed by atoms with van der Waals surface area (Å²) in [5.74, 6) is -4.57. The summed E-state index contributed by atoms with van der Waals surface area (Å²) in [4.78, 5) is 55.9. The van der Waals surface area contributed by atoms with Crippen LogP contribution in [0.1, 0.15) is 29.9 Å². The molecular formula is C34H29Cl2N3O7. The number of carbonyl (C=O) groups is 4. The van der Waals surface area contributed by atoms with Crippen molar-refractivity contribution in [2.45, 2.75) is 24.2 Å². The fourth-order valence-corrected chi connectivity index (χ4v) is 8.49. The van der Waals surface area contributed by atoms with Gasteiger partial charge in [0.05, 0.1) is 48.1 Å². The van der Waals surface area contributed by atoms with Crippen molar-refractivity contribution in [2.75, 3.05) is 19.6 Å². The van der Waals surface area contributed by atoms with Crippen molar-refractivity contribution in [1.29, 1.82) is 0 Å². The zero-order chi connectivity index (χ0) is 32.5. The number of hydrogen-bond acceptors (Lipinski definition) is 8. The van der Waals surface area contributed by atoms with E-state index < -0.39 is 52.7 Å². The van der Waals surface area contributed by atoms with E-state index in [4.69, 9.17) is 32.7 Å². The van der Waals surface area contributed by atoms with Crippen LogP contribution in [0.25, 0.3) is 0 Å². The number of halogens is 2. The van der Waals surface area contributed by atoms with Crippen molar-refractivity contribution >= 4 is 52.5 Å². The number of nitrogens with one attached hydrogen (secondary N) is 2. The Kier molecular flexibility index (Phi) is 7.25. The van der Waals surface area contributed by atoms with Crippen LogP contribution in [0.2, 0.25) is 10.0 Å². The first kappa shape index (κ1) is 30.1. The van der Waals surface area contributed by atoms with Crippen LogP contribution >= 0.6 is 23.2 Å². The summed E-state index contributed by atoms with van der Waals surface area (Å²) in [5, 5.41) is 14.5. The van der Waals surface area contributed by atoms with Gasteiger partial charge >= 0.3 is 0 Å². The molecule has 0 bridgehead atoms. The normalized spacial score (nSPS) is 28.2. The van der Waals surface area contributed by atoms with Crippen molar-refractivity contribution in [2.24, 2.45) is 23.7 Å². The molecule has 4 amide bonds. The largest absolute Gasteiger partial charge is 0.508 e. The molecule has 236 valence electrons. The Morgan fingerprint density at radius 3 is 2.39 bits per heavy atom. The minimum atomic E-state index is -1.53. The number of benzene rings is 3. The molecule has 0 unspecified atom stereocenters. The molecular weight excluding hydrogens is 633 g/mol. The van der Waals surface area contributed by atoms with Gasteiger partial charge in [0, 0.05) is 22.6 Å². The molecule has 0 spiro atoms. The lowest BCUT2D eigenvalue weighted by molar-refractivity contribution is -0.138. The van der Waals surface area contributed by atoms with Gasteiger partial charge in [-0.2, -0.15) is 5.01 Å². The lowest BCUT2D eigenvalue weighted by Gasteiger charge is -2.50. The average molecular weight is 663 g/mol. The first-order valence-electron chi connectivity index (χ1n) is 14.8. The van der Waals surface area contributed by atoms with Crippen molar-refractivity contribution < 1.29 is 33.8 Å². The van der Waals surface area contributed by atoms with Crippen LogP contribution in [0.15, 0.2) is 72.3 Å². The third-order valence-electron chi connectivity index (χ3n) is 9.95. The number of nitrogens with zero attached hydrogens (tertiary/aromatic N) is 1. The van der Waals surface area contributed by atoms with E-state index in [0.29, 0.717) is 39.8 Å². The second-order valence-corrected chi connectivity index (χ2v) is 12.8. The standard InChI is InChI=1S/C34H29Cl2N3O7/c1-45-19-7-3-16(4-8-19)34-24(32(43)39(33(34)44)38-26-12-5-17(35)13-25(26)36)15-23-20(10-11-22-28(23)31(42)37-30(22)41)29(34)21-9-6-18(40)14-27(21)46-2/h3-10,12-14,22-24,28-29,38,40H,11,15H2,1-2H3,(H,37,41,42)/t22-,23+,24-,28-,29+,34+/m0/s1. The number of amides is 4. The number of carbonyl (C=O) groups excluding carboxylic acids is 4. The van der Waals surface area contributed by atoms with Gasteiger partial charge in [0.1, 0.15) is 17.2 Å². The van der Waals surface area contributed by atoms with Crippen LogP contribution in [-0.2, 0) is 24.6 Å². The van der Waals surface area contributed by atoms with Gasteiger partial charge in [-0.05, 0) is 60.7 Å². The van der Waals surface area contributed by atoms with E-state index in [9.17, 15) is 19.5 Å². The summed E-state index contributed by atoms with van der Waals surface area (Å²) >= 11 is 12.6. The van der Waals surface area contributed by atoms with Gasteiger partial charge in [-0.3, -0.25) is 29.9 Å². The van der Waals surface area contributed by atoms with Gasteiger partial charge < -0.3 is 14.6 Å². The number of fused-ring (bicyclic) bond motifs is 4. The van der Waals surface area contributed by atoms with Gasteiger partial charge in [0.2, 0.25) is 11.8 Å². The minimum Gasteiger partial charge on any atom is -0.508 e. The Labute approximate surface area is 274 Å². The first-order chi connectivity index (χ1) is 22.1. The van der Waals surface area contributed by atoms with Crippen LogP contribution in [0, 0.1) is 23.7 Å². The van der Waals surface area contributed by atoms with E-state index in [-0.39, 0.29) is 23.1 Å². The highest BCUT2D eigenvalue weighted by atomic mass is 35.5. The number of hydrogen-bond donors (Lipinski definition) is 3. The summed E-state index contributed by atoms with van der Waals surface area (Å²) in [6.45, 7) is 0. The number of ether oxygens (including phenoxy) is 2. The van der Waals surface area contributed by atoms with E-state index >= 15 is 4.79 Å². The fraction of sp³-hybridized carbons (Fsp3) is 0.294. The van der Waals surface area contributed by atoms with E-state index in [1.807, 2.05) is 6.08 Å². The number of phenols is 1. The zero-order valence-corrected chi connectivity index (χ0v) is 26.3. The average Bonchev–Trinajstić information content (AvgIpc) is 3.46. The summed E-state index contributed by atoms with van der Waals surface area (Å²) in [6.07, 6.45) is 2.36.